The maximum Gasteiger partial charge on any atom is 0.223 e. The van der Waals surface area contributed by atoms with E-state index in [0.717, 1.165) is 31.5 Å². The van der Waals surface area contributed by atoms with E-state index in [2.05, 4.69) is 34.7 Å². The summed E-state index contributed by atoms with van der Waals surface area (Å²) in [4.78, 5) is 14.1. The first-order valence-corrected chi connectivity index (χ1v) is 8.24. The van der Waals surface area contributed by atoms with Crippen LogP contribution in [0.25, 0.3) is 0 Å². The van der Waals surface area contributed by atoms with Crippen LogP contribution >= 0.6 is 0 Å². The van der Waals surface area contributed by atoms with Crippen molar-refractivity contribution in [2.75, 3.05) is 6.54 Å². The van der Waals surface area contributed by atoms with Gasteiger partial charge in [-0.25, -0.2) is 0 Å². The third kappa shape index (κ3) is 4.20. The highest BCUT2D eigenvalue weighted by Gasteiger charge is 2.30. The number of rotatable bonds is 7. The molecule has 2 aromatic rings. The number of carbonyl (C=O) groups is 1. The van der Waals surface area contributed by atoms with Crippen molar-refractivity contribution in [3.63, 3.8) is 0 Å². The average Bonchev–Trinajstić information content (AvgIpc) is 3.12. The zero-order valence-corrected chi connectivity index (χ0v) is 13.6. The number of likely N-dealkylation sites (tertiary alicyclic amines) is 1. The summed E-state index contributed by atoms with van der Waals surface area (Å²) in [6.07, 6.45) is 6.46. The van der Waals surface area contributed by atoms with E-state index in [9.17, 15) is 4.79 Å². The molecule has 0 spiro atoms. The molecular weight excluding hydrogens is 288 g/mol. The summed E-state index contributed by atoms with van der Waals surface area (Å²) >= 11 is 0. The standard InChI is InChI=1S/C18H24N4O/c1-21-13-16(12-20-21)14-22-17(7-8-18(22)23)9-10-19-11-15-5-3-2-4-6-15/h2-6,12-13,17,19H,7-11,14H2,1H3. The normalized spacial score (nSPS) is 17.9. The minimum absolute atomic E-state index is 0.266. The van der Waals surface area contributed by atoms with Gasteiger partial charge < -0.3 is 10.2 Å². The Hall–Kier alpha value is -2.14. The molecule has 1 aliphatic rings. The molecule has 1 amide bonds. The highest BCUT2D eigenvalue weighted by Crippen LogP contribution is 2.23. The first-order valence-electron chi connectivity index (χ1n) is 8.24. The third-order valence-electron chi connectivity index (χ3n) is 4.39. The lowest BCUT2D eigenvalue weighted by molar-refractivity contribution is -0.129. The van der Waals surface area contributed by atoms with Crippen molar-refractivity contribution in [3.05, 3.63) is 53.9 Å². The van der Waals surface area contributed by atoms with Crippen LogP contribution in [-0.2, 0) is 24.9 Å². The fraction of sp³-hybridized carbons (Fsp3) is 0.444. The van der Waals surface area contributed by atoms with Gasteiger partial charge in [-0.15, -0.1) is 0 Å². The quantitative estimate of drug-likeness (QED) is 0.797. The van der Waals surface area contributed by atoms with Gasteiger partial charge in [0.25, 0.3) is 0 Å². The van der Waals surface area contributed by atoms with Gasteiger partial charge in [-0.05, 0) is 24.9 Å². The van der Waals surface area contributed by atoms with Crippen molar-refractivity contribution in [1.82, 2.24) is 20.0 Å². The van der Waals surface area contributed by atoms with Gasteiger partial charge in [0.05, 0.1) is 6.20 Å². The van der Waals surface area contributed by atoms with E-state index in [1.54, 1.807) is 4.68 Å². The van der Waals surface area contributed by atoms with Gasteiger partial charge in [-0.2, -0.15) is 5.10 Å². The number of nitrogens with zero attached hydrogens (tertiary/aromatic N) is 3. The fourth-order valence-electron chi connectivity index (χ4n) is 3.16. The maximum absolute atomic E-state index is 12.1. The molecular formula is C18H24N4O. The summed E-state index contributed by atoms with van der Waals surface area (Å²) in [6, 6.07) is 10.7. The number of aryl methyl sites for hydroxylation is 1. The predicted molar refractivity (Wildman–Crippen MR) is 89.5 cm³/mol. The van der Waals surface area contributed by atoms with Crippen LogP contribution in [0.2, 0.25) is 0 Å². The van der Waals surface area contributed by atoms with Gasteiger partial charge in [0.1, 0.15) is 0 Å². The van der Waals surface area contributed by atoms with Crippen molar-refractivity contribution in [2.45, 2.75) is 38.4 Å². The van der Waals surface area contributed by atoms with Crippen LogP contribution in [0.4, 0.5) is 0 Å². The molecule has 2 heterocycles. The van der Waals surface area contributed by atoms with E-state index in [4.69, 9.17) is 0 Å². The Morgan fingerprint density at radius 1 is 1.26 bits per heavy atom. The number of nitrogens with one attached hydrogen (secondary N) is 1. The summed E-state index contributed by atoms with van der Waals surface area (Å²) in [5, 5.41) is 7.66. The van der Waals surface area contributed by atoms with Crippen LogP contribution in [0.1, 0.15) is 30.4 Å². The fourth-order valence-corrected chi connectivity index (χ4v) is 3.16. The number of amides is 1. The molecule has 1 atom stereocenters. The molecule has 1 N–H and O–H groups in total. The number of hydrogen-bond acceptors (Lipinski definition) is 3. The second-order valence-electron chi connectivity index (χ2n) is 6.19. The molecule has 1 aromatic carbocycles. The number of carbonyl (C=O) groups excluding carboxylic acids is 1. The smallest absolute Gasteiger partial charge is 0.223 e. The number of aromatic nitrogens is 2. The molecule has 1 aromatic heterocycles. The molecule has 1 aliphatic heterocycles. The molecule has 0 saturated carbocycles. The summed E-state index contributed by atoms with van der Waals surface area (Å²) in [7, 11) is 1.90. The topological polar surface area (TPSA) is 50.2 Å². The van der Waals surface area contributed by atoms with Crippen molar-refractivity contribution >= 4 is 5.91 Å². The van der Waals surface area contributed by atoms with Crippen LogP contribution in [-0.4, -0.2) is 33.2 Å². The lowest BCUT2D eigenvalue weighted by Gasteiger charge is -2.24. The third-order valence-corrected chi connectivity index (χ3v) is 4.39. The Kier molecular flexibility index (Phi) is 5.08. The minimum Gasteiger partial charge on any atom is -0.335 e. The molecule has 5 heteroatoms. The van der Waals surface area contributed by atoms with Gasteiger partial charge in [0.2, 0.25) is 5.91 Å². The summed E-state index contributed by atoms with van der Waals surface area (Å²) in [6.45, 7) is 2.48. The van der Waals surface area contributed by atoms with Crippen LogP contribution < -0.4 is 5.32 Å². The molecule has 5 nitrogen and oxygen atoms in total. The SMILES string of the molecule is Cn1cc(CN2C(=O)CCC2CCNCc2ccccc2)cn1. The first-order chi connectivity index (χ1) is 11.2. The van der Waals surface area contributed by atoms with Crippen LogP contribution in [0.15, 0.2) is 42.7 Å². The highest BCUT2D eigenvalue weighted by molar-refractivity contribution is 5.78. The van der Waals surface area contributed by atoms with E-state index >= 15 is 0 Å². The van der Waals surface area contributed by atoms with E-state index < -0.39 is 0 Å². The highest BCUT2D eigenvalue weighted by atomic mass is 16.2. The molecule has 0 radical (unpaired) electrons. The van der Waals surface area contributed by atoms with E-state index in [0.29, 0.717) is 19.0 Å². The number of hydrogen-bond donors (Lipinski definition) is 1. The van der Waals surface area contributed by atoms with E-state index in [1.165, 1.54) is 5.56 Å². The lowest BCUT2D eigenvalue weighted by Crippen LogP contribution is -2.34. The Morgan fingerprint density at radius 2 is 2.09 bits per heavy atom. The predicted octanol–water partition coefficient (Wildman–Crippen LogP) is 2.09. The zero-order chi connectivity index (χ0) is 16.1. The molecule has 0 bridgehead atoms. The Bertz CT molecular complexity index is 637. The van der Waals surface area contributed by atoms with Gasteiger partial charge in [0, 0.05) is 44.4 Å². The van der Waals surface area contributed by atoms with E-state index in [1.807, 2.05) is 30.4 Å². The van der Waals surface area contributed by atoms with Crippen molar-refractivity contribution < 1.29 is 4.79 Å². The van der Waals surface area contributed by atoms with Crippen LogP contribution in [0.3, 0.4) is 0 Å². The first kappa shape index (κ1) is 15.7. The Labute approximate surface area is 137 Å². The van der Waals surface area contributed by atoms with Crippen LogP contribution in [0, 0.1) is 0 Å². The van der Waals surface area contributed by atoms with Gasteiger partial charge >= 0.3 is 0 Å². The zero-order valence-electron chi connectivity index (χ0n) is 13.6. The molecule has 1 saturated heterocycles. The van der Waals surface area contributed by atoms with Crippen molar-refractivity contribution in [2.24, 2.45) is 7.05 Å². The van der Waals surface area contributed by atoms with Gasteiger partial charge in [-0.1, -0.05) is 30.3 Å². The van der Waals surface area contributed by atoms with E-state index in [-0.39, 0.29) is 5.91 Å². The van der Waals surface area contributed by atoms with Crippen LogP contribution in [0.5, 0.6) is 0 Å². The van der Waals surface area contributed by atoms with Gasteiger partial charge in [-0.3, -0.25) is 9.48 Å². The minimum atomic E-state index is 0.266. The molecule has 0 aliphatic carbocycles. The molecule has 1 unspecified atom stereocenters. The summed E-state index contributed by atoms with van der Waals surface area (Å²) in [5.41, 5.74) is 2.40. The number of benzene rings is 1. The summed E-state index contributed by atoms with van der Waals surface area (Å²) < 4.78 is 1.78. The Balaban J connectivity index is 1.47. The molecule has 3 rings (SSSR count). The maximum atomic E-state index is 12.1. The van der Waals surface area contributed by atoms with Gasteiger partial charge in [0.15, 0.2) is 0 Å². The molecule has 122 valence electrons. The summed E-state index contributed by atoms with van der Waals surface area (Å²) in [5.74, 6) is 0.266. The monoisotopic (exact) mass is 312 g/mol. The lowest BCUT2D eigenvalue weighted by atomic mass is 10.1. The molecule has 1 fully saturated rings. The van der Waals surface area contributed by atoms with Crippen molar-refractivity contribution in [3.8, 4) is 0 Å². The molecule has 23 heavy (non-hydrogen) atoms. The van der Waals surface area contributed by atoms with Crippen molar-refractivity contribution in [1.29, 1.82) is 0 Å². The Morgan fingerprint density at radius 3 is 2.83 bits per heavy atom. The second kappa shape index (κ2) is 7.42. The largest absolute Gasteiger partial charge is 0.335 e. The average molecular weight is 312 g/mol. The second-order valence-corrected chi connectivity index (χ2v) is 6.19.